The molecule has 0 radical (unpaired) electrons. The lowest BCUT2D eigenvalue weighted by Gasteiger charge is -2.28. The first-order chi connectivity index (χ1) is 11.5. The largest absolute Gasteiger partial charge is 0.482 e. The number of benzene rings is 1. The van der Waals surface area contributed by atoms with Gasteiger partial charge in [-0.25, -0.2) is 0 Å². The normalized spacial score (nSPS) is 18.5. The van der Waals surface area contributed by atoms with Gasteiger partial charge in [-0.2, -0.15) is 4.98 Å². The second kappa shape index (κ2) is 6.93. The molecule has 2 heterocycles. The van der Waals surface area contributed by atoms with E-state index in [0.717, 1.165) is 30.2 Å². The van der Waals surface area contributed by atoms with Crippen LogP contribution in [0.4, 0.5) is 5.69 Å². The molecule has 25 heavy (non-hydrogen) atoms. The van der Waals surface area contributed by atoms with E-state index >= 15 is 0 Å². The van der Waals surface area contributed by atoms with E-state index < -0.39 is 5.54 Å². The van der Waals surface area contributed by atoms with Crippen molar-refractivity contribution in [2.45, 2.75) is 37.8 Å². The molecular formula is C16H18BrClN4O3. The third-order valence-electron chi connectivity index (χ3n) is 4.57. The zero-order valence-electron chi connectivity index (χ0n) is 13.4. The summed E-state index contributed by atoms with van der Waals surface area (Å²) in [6, 6.07) is 5.52. The van der Waals surface area contributed by atoms with E-state index in [0.29, 0.717) is 23.2 Å². The van der Waals surface area contributed by atoms with Crippen molar-refractivity contribution < 1.29 is 14.1 Å². The monoisotopic (exact) mass is 428 g/mol. The smallest absolute Gasteiger partial charge is 0.265 e. The summed E-state index contributed by atoms with van der Waals surface area (Å²) in [5.74, 6) is 1.42. The number of anilines is 1. The number of ether oxygens (including phenoxy) is 1. The maximum Gasteiger partial charge on any atom is 0.265 e. The number of aromatic nitrogens is 2. The fraction of sp³-hybridized carbons (Fsp3) is 0.438. The number of halogens is 2. The Morgan fingerprint density at radius 3 is 2.84 bits per heavy atom. The standard InChI is InChI=1S/C16H17BrN4O3.ClH/c17-10-3-4-11-12(7-10)23-9-14(22)21(11)8-13-19-15(20-24-13)16(18)5-1-2-6-16;/h3-4,7H,1-2,5-6,8-9,18H2;1H. The summed E-state index contributed by atoms with van der Waals surface area (Å²) in [6.45, 7) is 0.200. The lowest BCUT2D eigenvalue weighted by atomic mass is 9.99. The van der Waals surface area contributed by atoms with Crippen LogP contribution in [0.15, 0.2) is 27.2 Å². The highest BCUT2D eigenvalue weighted by atomic mass is 79.9. The number of fused-ring (bicyclic) bond motifs is 1. The molecule has 0 spiro atoms. The van der Waals surface area contributed by atoms with Crippen molar-refractivity contribution in [1.29, 1.82) is 0 Å². The Labute approximate surface area is 159 Å². The molecule has 0 atom stereocenters. The molecule has 1 aliphatic carbocycles. The average molecular weight is 430 g/mol. The van der Waals surface area contributed by atoms with Gasteiger partial charge in [0.25, 0.3) is 5.91 Å². The van der Waals surface area contributed by atoms with Crippen LogP contribution in [0.3, 0.4) is 0 Å². The molecule has 2 aromatic rings. The molecule has 0 bridgehead atoms. The third-order valence-corrected chi connectivity index (χ3v) is 5.06. The minimum Gasteiger partial charge on any atom is -0.482 e. The van der Waals surface area contributed by atoms with E-state index in [-0.39, 0.29) is 31.5 Å². The number of amides is 1. The van der Waals surface area contributed by atoms with Crippen LogP contribution in [0.5, 0.6) is 5.75 Å². The second-order valence-corrected chi connectivity index (χ2v) is 7.17. The van der Waals surface area contributed by atoms with E-state index in [1.54, 1.807) is 4.90 Å². The van der Waals surface area contributed by atoms with Crippen LogP contribution in [0.2, 0.25) is 0 Å². The van der Waals surface area contributed by atoms with Gasteiger partial charge in [-0.1, -0.05) is 33.9 Å². The Morgan fingerprint density at radius 2 is 2.08 bits per heavy atom. The number of nitrogens with zero attached hydrogens (tertiary/aromatic N) is 3. The maximum absolute atomic E-state index is 12.2. The zero-order valence-corrected chi connectivity index (χ0v) is 15.8. The van der Waals surface area contributed by atoms with Gasteiger partial charge in [-0.3, -0.25) is 9.69 Å². The van der Waals surface area contributed by atoms with Crippen molar-refractivity contribution in [3.05, 3.63) is 34.4 Å². The number of carbonyl (C=O) groups is 1. The van der Waals surface area contributed by atoms with Crippen molar-refractivity contribution in [2.75, 3.05) is 11.5 Å². The summed E-state index contributed by atoms with van der Waals surface area (Å²) in [4.78, 5) is 18.3. The molecule has 1 amide bonds. The highest BCUT2D eigenvalue weighted by Crippen LogP contribution is 2.36. The van der Waals surface area contributed by atoms with Crippen LogP contribution in [-0.4, -0.2) is 22.7 Å². The van der Waals surface area contributed by atoms with Crippen LogP contribution in [0, 0.1) is 0 Å². The van der Waals surface area contributed by atoms with Crippen LogP contribution in [0.1, 0.15) is 37.4 Å². The fourth-order valence-electron chi connectivity index (χ4n) is 3.24. The summed E-state index contributed by atoms with van der Waals surface area (Å²) >= 11 is 3.40. The summed E-state index contributed by atoms with van der Waals surface area (Å²) in [6.07, 6.45) is 3.87. The Balaban J connectivity index is 0.00000182. The van der Waals surface area contributed by atoms with Crippen LogP contribution in [-0.2, 0) is 16.9 Å². The third kappa shape index (κ3) is 3.38. The van der Waals surface area contributed by atoms with Gasteiger partial charge >= 0.3 is 0 Å². The van der Waals surface area contributed by atoms with Gasteiger partial charge in [0.2, 0.25) is 5.89 Å². The summed E-state index contributed by atoms with van der Waals surface area (Å²) < 4.78 is 11.7. The molecule has 4 rings (SSSR count). The highest BCUT2D eigenvalue weighted by Gasteiger charge is 2.36. The van der Waals surface area contributed by atoms with Crippen molar-refractivity contribution in [1.82, 2.24) is 10.1 Å². The van der Waals surface area contributed by atoms with E-state index in [1.807, 2.05) is 18.2 Å². The van der Waals surface area contributed by atoms with Gasteiger partial charge in [0.1, 0.15) is 12.3 Å². The molecule has 2 N–H and O–H groups in total. The Kier molecular flexibility index (Phi) is 5.04. The Morgan fingerprint density at radius 1 is 1.32 bits per heavy atom. The molecule has 1 aromatic carbocycles. The molecular weight excluding hydrogens is 412 g/mol. The minimum atomic E-state index is -0.500. The van der Waals surface area contributed by atoms with E-state index in [2.05, 4.69) is 26.1 Å². The fourth-order valence-corrected chi connectivity index (χ4v) is 3.58. The van der Waals surface area contributed by atoms with E-state index in [1.165, 1.54) is 0 Å². The quantitative estimate of drug-likeness (QED) is 0.806. The topological polar surface area (TPSA) is 94.5 Å². The maximum atomic E-state index is 12.2. The molecule has 2 aliphatic rings. The molecule has 1 aliphatic heterocycles. The lowest BCUT2D eigenvalue weighted by Crippen LogP contribution is -2.38. The first kappa shape index (κ1) is 18.2. The van der Waals surface area contributed by atoms with Crippen LogP contribution in [0.25, 0.3) is 0 Å². The van der Waals surface area contributed by atoms with Gasteiger partial charge in [0.05, 0.1) is 11.2 Å². The van der Waals surface area contributed by atoms with Crippen molar-refractivity contribution in [2.24, 2.45) is 5.73 Å². The summed E-state index contributed by atoms with van der Waals surface area (Å²) in [7, 11) is 0. The second-order valence-electron chi connectivity index (χ2n) is 6.26. The molecule has 9 heteroatoms. The first-order valence-electron chi connectivity index (χ1n) is 7.90. The van der Waals surface area contributed by atoms with Crippen molar-refractivity contribution in [3.8, 4) is 5.75 Å². The highest BCUT2D eigenvalue weighted by molar-refractivity contribution is 9.10. The van der Waals surface area contributed by atoms with Gasteiger partial charge in [0.15, 0.2) is 12.4 Å². The van der Waals surface area contributed by atoms with Crippen molar-refractivity contribution in [3.63, 3.8) is 0 Å². The molecule has 1 fully saturated rings. The van der Waals surface area contributed by atoms with E-state index in [9.17, 15) is 4.79 Å². The van der Waals surface area contributed by atoms with Crippen LogP contribution < -0.4 is 15.4 Å². The number of carbonyl (C=O) groups excluding carboxylic acids is 1. The van der Waals surface area contributed by atoms with Crippen LogP contribution >= 0.6 is 28.3 Å². The summed E-state index contributed by atoms with van der Waals surface area (Å²) in [5.41, 5.74) is 6.55. The molecule has 1 aromatic heterocycles. The number of hydrogen-bond acceptors (Lipinski definition) is 6. The SMILES string of the molecule is Cl.NC1(c2noc(CN3C(=O)COc4cc(Br)ccc43)n2)CCCC1. The predicted molar refractivity (Wildman–Crippen MR) is 96.7 cm³/mol. The Hall–Kier alpha value is -1.64. The molecule has 134 valence electrons. The molecule has 1 saturated carbocycles. The number of nitrogens with two attached hydrogens (primary N) is 1. The lowest BCUT2D eigenvalue weighted by molar-refractivity contribution is -0.121. The number of rotatable bonds is 3. The average Bonchev–Trinajstić information content (AvgIpc) is 3.20. The van der Waals surface area contributed by atoms with Gasteiger partial charge in [0, 0.05) is 4.47 Å². The van der Waals surface area contributed by atoms with E-state index in [4.69, 9.17) is 15.0 Å². The molecule has 7 nitrogen and oxygen atoms in total. The predicted octanol–water partition coefficient (Wildman–Crippen LogP) is 2.91. The zero-order chi connectivity index (χ0) is 16.7. The summed E-state index contributed by atoms with van der Waals surface area (Å²) in [5, 5.41) is 4.04. The number of hydrogen-bond donors (Lipinski definition) is 1. The van der Waals surface area contributed by atoms with Gasteiger partial charge in [-0.15, -0.1) is 12.4 Å². The van der Waals surface area contributed by atoms with Gasteiger partial charge < -0.3 is 15.0 Å². The Bertz CT molecular complexity index is 791. The van der Waals surface area contributed by atoms with Gasteiger partial charge in [-0.05, 0) is 31.0 Å². The van der Waals surface area contributed by atoms with Crippen molar-refractivity contribution >= 4 is 39.9 Å². The molecule has 0 unspecified atom stereocenters. The molecule has 0 saturated heterocycles. The minimum absolute atomic E-state index is 0. The first-order valence-corrected chi connectivity index (χ1v) is 8.69.